The molecule has 2 N–H and O–H groups in total. The van der Waals surface area contributed by atoms with E-state index < -0.39 is 0 Å². The summed E-state index contributed by atoms with van der Waals surface area (Å²) in [5.74, 6) is 0.688. The van der Waals surface area contributed by atoms with Gasteiger partial charge in [0.25, 0.3) is 0 Å². The molecule has 0 fully saturated rings. The van der Waals surface area contributed by atoms with Gasteiger partial charge in [-0.3, -0.25) is 4.68 Å². The van der Waals surface area contributed by atoms with Gasteiger partial charge in [0, 0.05) is 6.20 Å². The molecule has 94 valence electrons. The first-order valence-electron chi connectivity index (χ1n) is 5.25. The summed E-state index contributed by atoms with van der Waals surface area (Å²) in [4.78, 5) is 0.329. The van der Waals surface area contributed by atoms with Crippen LogP contribution in [0.5, 0.6) is 5.75 Å². The van der Waals surface area contributed by atoms with Gasteiger partial charge in [-0.25, -0.2) is 0 Å². The first-order valence-corrected chi connectivity index (χ1v) is 6.45. The normalized spacial score (nSPS) is 10.3. The molecule has 0 unspecified atom stereocenters. The smallest absolute Gasteiger partial charge is 0.129 e. The van der Waals surface area contributed by atoms with E-state index >= 15 is 0 Å². The fourth-order valence-corrected chi connectivity index (χ4v) is 2.15. The maximum atomic E-state index is 5.68. The molecule has 0 amide bonds. The summed E-state index contributed by atoms with van der Waals surface area (Å²) in [5.41, 5.74) is 7.49. The fourth-order valence-electron chi connectivity index (χ4n) is 1.66. The molecule has 18 heavy (non-hydrogen) atoms. The highest BCUT2D eigenvalue weighted by Crippen LogP contribution is 2.20. The van der Waals surface area contributed by atoms with E-state index in [0.29, 0.717) is 17.3 Å². The predicted molar refractivity (Wildman–Crippen MR) is 77.9 cm³/mol. The van der Waals surface area contributed by atoms with Crippen LogP contribution in [-0.2, 0) is 6.54 Å². The molecule has 0 atom stereocenters. The minimum absolute atomic E-state index is 0.329. The maximum Gasteiger partial charge on any atom is 0.129 e. The monoisotopic (exact) mass is 325 g/mol. The van der Waals surface area contributed by atoms with Crippen molar-refractivity contribution in [3.05, 3.63) is 46.2 Å². The van der Waals surface area contributed by atoms with Crippen LogP contribution in [0.4, 0.5) is 0 Å². The summed E-state index contributed by atoms with van der Waals surface area (Å²) >= 11 is 8.37. The molecule has 0 aliphatic carbocycles. The topological polar surface area (TPSA) is 53.1 Å². The minimum Gasteiger partial charge on any atom is -0.496 e. The van der Waals surface area contributed by atoms with E-state index in [1.54, 1.807) is 13.3 Å². The molecular formula is C12H12BrN3OS. The SMILES string of the molecule is COc1ccc(Cn2cc(Br)cn2)cc1C(N)=S. The predicted octanol–water partition coefficient (Wildman–Crippen LogP) is 2.34. The Kier molecular flexibility index (Phi) is 3.98. The summed E-state index contributed by atoms with van der Waals surface area (Å²) < 4.78 is 8.00. The standard InChI is InChI=1S/C12H12BrN3OS/c1-17-11-3-2-8(4-10(11)12(14)18)6-16-7-9(13)5-15-16/h2-5,7H,6H2,1H3,(H2,14,18). The zero-order chi connectivity index (χ0) is 13.1. The first kappa shape index (κ1) is 13.0. The summed E-state index contributed by atoms with van der Waals surface area (Å²) in [5, 5.41) is 4.20. The zero-order valence-electron chi connectivity index (χ0n) is 9.76. The number of nitrogens with two attached hydrogens (primary N) is 1. The lowest BCUT2D eigenvalue weighted by atomic mass is 10.1. The highest BCUT2D eigenvalue weighted by atomic mass is 79.9. The number of benzene rings is 1. The molecule has 0 aliphatic rings. The van der Waals surface area contributed by atoms with E-state index in [9.17, 15) is 0 Å². The van der Waals surface area contributed by atoms with E-state index in [1.165, 1.54) is 0 Å². The van der Waals surface area contributed by atoms with Gasteiger partial charge in [0.05, 0.1) is 29.9 Å². The second kappa shape index (κ2) is 5.49. The molecule has 2 aromatic rings. The van der Waals surface area contributed by atoms with Crippen LogP contribution < -0.4 is 10.5 Å². The van der Waals surface area contributed by atoms with Crippen LogP contribution in [0.15, 0.2) is 35.1 Å². The van der Waals surface area contributed by atoms with E-state index in [4.69, 9.17) is 22.7 Å². The van der Waals surface area contributed by atoms with Gasteiger partial charge in [-0.1, -0.05) is 18.3 Å². The number of ether oxygens (including phenoxy) is 1. The van der Waals surface area contributed by atoms with E-state index in [-0.39, 0.29) is 0 Å². The Morgan fingerprint density at radius 2 is 2.33 bits per heavy atom. The van der Waals surface area contributed by atoms with Gasteiger partial charge in [-0.2, -0.15) is 5.10 Å². The number of hydrogen-bond acceptors (Lipinski definition) is 3. The molecule has 0 saturated heterocycles. The second-order valence-corrected chi connectivity index (χ2v) is 5.11. The lowest BCUT2D eigenvalue weighted by molar-refractivity contribution is 0.414. The van der Waals surface area contributed by atoms with Crippen LogP contribution in [0, 0.1) is 0 Å². The molecule has 0 aliphatic heterocycles. The molecule has 1 aromatic carbocycles. The molecule has 6 heteroatoms. The Hall–Kier alpha value is -1.40. The Balaban J connectivity index is 2.29. The van der Waals surface area contributed by atoms with Gasteiger partial charge in [-0.05, 0) is 33.6 Å². The summed E-state index contributed by atoms with van der Waals surface area (Å²) in [7, 11) is 1.60. The summed E-state index contributed by atoms with van der Waals surface area (Å²) in [6, 6.07) is 5.76. The van der Waals surface area contributed by atoms with E-state index in [0.717, 1.165) is 15.6 Å². The number of halogens is 1. The van der Waals surface area contributed by atoms with E-state index in [1.807, 2.05) is 29.1 Å². The van der Waals surface area contributed by atoms with Crippen molar-refractivity contribution in [2.75, 3.05) is 7.11 Å². The molecule has 1 heterocycles. The van der Waals surface area contributed by atoms with Crippen LogP contribution in [0.25, 0.3) is 0 Å². The van der Waals surface area contributed by atoms with Crippen molar-refractivity contribution in [1.29, 1.82) is 0 Å². The maximum absolute atomic E-state index is 5.68. The van der Waals surface area contributed by atoms with Gasteiger partial charge < -0.3 is 10.5 Å². The molecular weight excluding hydrogens is 314 g/mol. The van der Waals surface area contributed by atoms with Crippen molar-refractivity contribution in [2.24, 2.45) is 5.73 Å². The van der Waals surface area contributed by atoms with Crippen molar-refractivity contribution < 1.29 is 4.74 Å². The number of nitrogens with zero attached hydrogens (tertiary/aromatic N) is 2. The molecule has 2 rings (SSSR count). The molecule has 1 aromatic heterocycles. The van der Waals surface area contributed by atoms with Gasteiger partial charge >= 0.3 is 0 Å². The van der Waals surface area contributed by atoms with E-state index in [2.05, 4.69) is 21.0 Å². The van der Waals surface area contributed by atoms with Gasteiger partial charge in [-0.15, -0.1) is 0 Å². The Morgan fingerprint density at radius 1 is 1.56 bits per heavy atom. The number of rotatable bonds is 4. The van der Waals surface area contributed by atoms with Crippen LogP contribution in [0.2, 0.25) is 0 Å². The average Bonchev–Trinajstić information content (AvgIpc) is 2.74. The van der Waals surface area contributed by atoms with Gasteiger partial charge in [0.2, 0.25) is 0 Å². The third-order valence-electron chi connectivity index (χ3n) is 2.48. The Labute approximate surface area is 119 Å². The molecule has 0 bridgehead atoms. The van der Waals surface area contributed by atoms with Crippen molar-refractivity contribution >= 4 is 33.1 Å². The molecule has 4 nitrogen and oxygen atoms in total. The first-order chi connectivity index (χ1) is 8.60. The van der Waals surface area contributed by atoms with Crippen LogP contribution in [-0.4, -0.2) is 21.9 Å². The number of hydrogen-bond donors (Lipinski definition) is 1. The third-order valence-corrected chi connectivity index (χ3v) is 3.11. The minimum atomic E-state index is 0.329. The number of aromatic nitrogens is 2. The lowest BCUT2D eigenvalue weighted by Gasteiger charge is -2.09. The Bertz CT molecular complexity index is 582. The zero-order valence-corrected chi connectivity index (χ0v) is 12.2. The highest BCUT2D eigenvalue weighted by Gasteiger charge is 2.07. The second-order valence-electron chi connectivity index (χ2n) is 3.76. The number of methoxy groups -OCH3 is 1. The Morgan fingerprint density at radius 3 is 2.89 bits per heavy atom. The lowest BCUT2D eigenvalue weighted by Crippen LogP contribution is -2.12. The largest absolute Gasteiger partial charge is 0.496 e. The van der Waals surface area contributed by atoms with Gasteiger partial charge in [0.15, 0.2) is 0 Å². The van der Waals surface area contributed by atoms with Crippen molar-refractivity contribution in [1.82, 2.24) is 9.78 Å². The molecule has 0 saturated carbocycles. The van der Waals surface area contributed by atoms with Crippen LogP contribution >= 0.6 is 28.1 Å². The van der Waals surface area contributed by atoms with Gasteiger partial charge in [0.1, 0.15) is 10.7 Å². The highest BCUT2D eigenvalue weighted by molar-refractivity contribution is 9.10. The summed E-state index contributed by atoms with van der Waals surface area (Å²) in [6.07, 6.45) is 3.66. The van der Waals surface area contributed by atoms with Crippen molar-refractivity contribution in [2.45, 2.75) is 6.54 Å². The van der Waals surface area contributed by atoms with Crippen molar-refractivity contribution in [3.8, 4) is 5.75 Å². The van der Waals surface area contributed by atoms with Crippen molar-refractivity contribution in [3.63, 3.8) is 0 Å². The average molecular weight is 326 g/mol. The molecule has 0 spiro atoms. The van der Waals surface area contributed by atoms with Crippen LogP contribution in [0.1, 0.15) is 11.1 Å². The summed E-state index contributed by atoms with van der Waals surface area (Å²) in [6.45, 7) is 0.658. The molecule has 0 radical (unpaired) electrons. The third kappa shape index (κ3) is 2.88. The fraction of sp³-hybridized carbons (Fsp3) is 0.167. The van der Waals surface area contributed by atoms with Crippen LogP contribution in [0.3, 0.4) is 0 Å². The number of thiocarbonyl (C=S) groups is 1. The quantitative estimate of drug-likeness (QED) is 0.876.